The molecule has 2 nitrogen and oxygen atoms in total. The first-order chi connectivity index (χ1) is 15.9. The molecule has 0 spiro atoms. The van der Waals surface area contributed by atoms with Crippen LogP contribution in [0.4, 0.5) is 8.78 Å². The summed E-state index contributed by atoms with van der Waals surface area (Å²) in [5.74, 6) is -2.92. The van der Waals surface area contributed by atoms with Gasteiger partial charge in [0.2, 0.25) is 0 Å². The molecule has 1 aliphatic rings. The average molecular weight is 468 g/mol. The fourth-order valence-corrected chi connectivity index (χ4v) is 5.27. The zero-order valence-corrected chi connectivity index (χ0v) is 20.1. The maximum atomic E-state index is 14.4. The van der Waals surface area contributed by atoms with Crippen LogP contribution in [0.3, 0.4) is 0 Å². The number of rotatable bonds is 8. The second-order valence-electron chi connectivity index (χ2n) is 8.90. The van der Waals surface area contributed by atoms with Crippen molar-refractivity contribution in [1.82, 2.24) is 5.32 Å². The molecule has 1 aliphatic heterocycles. The van der Waals surface area contributed by atoms with Crippen LogP contribution in [-0.4, -0.2) is 26.0 Å². The van der Waals surface area contributed by atoms with Gasteiger partial charge >= 0.3 is 0 Å². The summed E-state index contributed by atoms with van der Waals surface area (Å²) in [5, 5.41) is 3.44. The average Bonchev–Trinajstić information content (AvgIpc) is 2.84. The van der Waals surface area contributed by atoms with Gasteiger partial charge in [0.1, 0.15) is 0 Å². The SMILES string of the molecule is CSc1ccccc1-c1cc(COCC2(c3ccccc3)CCNCC2)cc(C(C)(F)F)c1. The van der Waals surface area contributed by atoms with Crippen LogP contribution in [0.15, 0.2) is 77.7 Å². The molecule has 0 aromatic heterocycles. The van der Waals surface area contributed by atoms with E-state index in [9.17, 15) is 8.78 Å². The number of halogens is 2. The smallest absolute Gasteiger partial charge is 0.270 e. The predicted octanol–water partition coefficient (Wildman–Crippen LogP) is 7.03. The fraction of sp³-hybridized carbons (Fsp3) is 0.357. The van der Waals surface area contributed by atoms with Gasteiger partial charge < -0.3 is 10.1 Å². The van der Waals surface area contributed by atoms with Crippen molar-refractivity contribution >= 4 is 11.8 Å². The molecule has 3 aromatic rings. The minimum Gasteiger partial charge on any atom is -0.376 e. The van der Waals surface area contributed by atoms with E-state index >= 15 is 0 Å². The minimum absolute atomic E-state index is 0.0224. The normalized spacial score (nSPS) is 16.0. The molecule has 4 rings (SSSR count). The molecule has 0 aliphatic carbocycles. The Kier molecular flexibility index (Phi) is 7.52. The highest BCUT2D eigenvalue weighted by Crippen LogP contribution is 2.37. The van der Waals surface area contributed by atoms with Gasteiger partial charge in [-0.3, -0.25) is 0 Å². The van der Waals surface area contributed by atoms with Crippen LogP contribution in [0.25, 0.3) is 11.1 Å². The summed E-state index contributed by atoms with van der Waals surface area (Å²) >= 11 is 1.62. The monoisotopic (exact) mass is 467 g/mol. The van der Waals surface area contributed by atoms with E-state index in [1.165, 1.54) is 5.56 Å². The van der Waals surface area contributed by atoms with Gasteiger partial charge in [0, 0.05) is 22.8 Å². The van der Waals surface area contributed by atoms with Crippen molar-refractivity contribution < 1.29 is 13.5 Å². The van der Waals surface area contributed by atoms with Gasteiger partial charge in [0.15, 0.2) is 0 Å². The van der Waals surface area contributed by atoms with Crippen LogP contribution in [0.5, 0.6) is 0 Å². The zero-order valence-electron chi connectivity index (χ0n) is 19.2. The highest BCUT2D eigenvalue weighted by Gasteiger charge is 2.34. The molecule has 0 unspecified atom stereocenters. The maximum absolute atomic E-state index is 14.4. The summed E-state index contributed by atoms with van der Waals surface area (Å²) < 4.78 is 35.0. The number of thioether (sulfide) groups is 1. The van der Waals surface area contributed by atoms with Crippen LogP contribution >= 0.6 is 11.8 Å². The Morgan fingerprint density at radius 1 is 0.970 bits per heavy atom. The fourth-order valence-electron chi connectivity index (χ4n) is 4.65. The highest BCUT2D eigenvalue weighted by molar-refractivity contribution is 7.98. The maximum Gasteiger partial charge on any atom is 0.270 e. The third-order valence-corrected chi connectivity index (χ3v) is 7.31. The van der Waals surface area contributed by atoms with E-state index in [0.717, 1.165) is 54.4 Å². The van der Waals surface area contributed by atoms with E-state index < -0.39 is 5.92 Å². The predicted molar refractivity (Wildman–Crippen MR) is 133 cm³/mol. The van der Waals surface area contributed by atoms with Gasteiger partial charge in [-0.1, -0.05) is 48.5 Å². The molecule has 5 heteroatoms. The van der Waals surface area contributed by atoms with E-state index in [4.69, 9.17) is 4.74 Å². The first-order valence-electron chi connectivity index (χ1n) is 11.4. The summed E-state index contributed by atoms with van der Waals surface area (Å²) in [6.45, 7) is 3.73. The van der Waals surface area contributed by atoms with E-state index in [1.54, 1.807) is 23.9 Å². The van der Waals surface area contributed by atoms with Gasteiger partial charge in [-0.15, -0.1) is 11.8 Å². The van der Waals surface area contributed by atoms with Crippen molar-refractivity contribution in [2.45, 2.75) is 42.6 Å². The lowest BCUT2D eigenvalue weighted by Gasteiger charge is -2.38. The third-order valence-electron chi connectivity index (χ3n) is 6.51. The molecule has 0 bridgehead atoms. The van der Waals surface area contributed by atoms with Crippen LogP contribution in [-0.2, 0) is 22.7 Å². The number of hydrogen-bond donors (Lipinski definition) is 1. The second-order valence-corrected chi connectivity index (χ2v) is 9.74. The third kappa shape index (κ3) is 5.65. The molecule has 0 radical (unpaired) electrons. The Hall–Kier alpha value is -2.21. The molecule has 1 heterocycles. The van der Waals surface area contributed by atoms with Crippen molar-refractivity contribution in [3.63, 3.8) is 0 Å². The molecule has 1 N–H and O–H groups in total. The van der Waals surface area contributed by atoms with E-state index in [2.05, 4.69) is 29.6 Å². The first kappa shape index (κ1) is 23.9. The van der Waals surface area contributed by atoms with E-state index in [1.807, 2.05) is 42.7 Å². The number of ether oxygens (including phenoxy) is 1. The molecule has 3 aromatic carbocycles. The zero-order chi connectivity index (χ0) is 23.3. The second kappa shape index (κ2) is 10.4. The highest BCUT2D eigenvalue weighted by atomic mass is 32.2. The van der Waals surface area contributed by atoms with Gasteiger partial charge in [-0.25, -0.2) is 8.78 Å². The van der Waals surface area contributed by atoms with E-state index in [-0.39, 0.29) is 11.0 Å². The molecule has 0 saturated carbocycles. The molecular formula is C28H31F2NOS. The Labute approximate surface area is 199 Å². The largest absolute Gasteiger partial charge is 0.376 e. The van der Waals surface area contributed by atoms with Crippen LogP contribution in [0.1, 0.15) is 36.5 Å². The molecular weight excluding hydrogens is 436 g/mol. The molecule has 1 fully saturated rings. The quantitative estimate of drug-likeness (QED) is 0.360. The van der Waals surface area contributed by atoms with Crippen molar-refractivity contribution in [3.8, 4) is 11.1 Å². The number of piperidine rings is 1. The van der Waals surface area contributed by atoms with Gasteiger partial charge in [0.05, 0.1) is 13.2 Å². The Morgan fingerprint density at radius 3 is 2.36 bits per heavy atom. The number of hydrogen-bond acceptors (Lipinski definition) is 3. The lowest BCUT2D eigenvalue weighted by Crippen LogP contribution is -2.43. The van der Waals surface area contributed by atoms with Gasteiger partial charge in [0.25, 0.3) is 5.92 Å². The van der Waals surface area contributed by atoms with Crippen LogP contribution < -0.4 is 5.32 Å². The van der Waals surface area contributed by atoms with Crippen molar-refractivity contribution in [1.29, 1.82) is 0 Å². The van der Waals surface area contributed by atoms with Crippen molar-refractivity contribution in [2.75, 3.05) is 26.0 Å². The summed E-state index contributed by atoms with van der Waals surface area (Å²) in [7, 11) is 0. The lowest BCUT2D eigenvalue weighted by molar-refractivity contribution is 0.0170. The van der Waals surface area contributed by atoms with Crippen molar-refractivity contribution in [2.24, 2.45) is 0 Å². The van der Waals surface area contributed by atoms with Crippen LogP contribution in [0.2, 0.25) is 0 Å². The number of nitrogens with one attached hydrogen (secondary N) is 1. The van der Waals surface area contributed by atoms with E-state index in [0.29, 0.717) is 13.2 Å². The summed E-state index contributed by atoms with van der Waals surface area (Å²) in [6, 6.07) is 23.6. The molecule has 0 amide bonds. The minimum atomic E-state index is -2.92. The number of benzene rings is 3. The molecule has 0 atom stereocenters. The van der Waals surface area contributed by atoms with Gasteiger partial charge in [-0.2, -0.15) is 0 Å². The van der Waals surface area contributed by atoms with Crippen LogP contribution in [0, 0.1) is 0 Å². The summed E-state index contributed by atoms with van der Waals surface area (Å²) in [5.41, 5.74) is 3.81. The Bertz CT molecular complexity index is 1060. The molecule has 174 valence electrons. The standard InChI is InChI=1S/C28H31F2NOS/c1-27(29,30)24-17-21(16-22(18-24)25-10-6-7-11-26(25)33-2)19-32-20-28(12-14-31-15-13-28)23-8-4-3-5-9-23/h3-11,16-18,31H,12-15,19-20H2,1-2H3. The summed E-state index contributed by atoms with van der Waals surface area (Å²) in [6.07, 6.45) is 4.00. The summed E-state index contributed by atoms with van der Waals surface area (Å²) in [4.78, 5) is 1.07. The first-order valence-corrected chi connectivity index (χ1v) is 12.6. The molecule has 1 saturated heterocycles. The Balaban J connectivity index is 1.60. The topological polar surface area (TPSA) is 21.3 Å². The Morgan fingerprint density at radius 2 is 1.67 bits per heavy atom. The van der Waals surface area contributed by atoms with Crippen molar-refractivity contribution in [3.05, 3.63) is 89.5 Å². The molecule has 33 heavy (non-hydrogen) atoms. The lowest BCUT2D eigenvalue weighted by atomic mass is 9.74. The van der Waals surface area contributed by atoms with Gasteiger partial charge in [-0.05, 0) is 78.7 Å². The number of alkyl halides is 2.